The smallest absolute Gasteiger partial charge is 0.408 e. The largest absolute Gasteiger partial charge is 0.421 e. The lowest BCUT2D eigenvalue weighted by Gasteiger charge is -2.18. The lowest BCUT2D eigenvalue weighted by molar-refractivity contribution is 0.391. The predicted octanol–water partition coefficient (Wildman–Crippen LogP) is 4.15. The highest BCUT2D eigenvalue weighted by molar-refractivity contribution is 7.61. The molecule has 1 N–H and O–H groups in total. The normalized spacial score (nSPS) is 13.7. The Morgan fingerprint density at radius 1 is 1.10 bits per heavy atom. The minimum atomic E-state index is -3.88. The monoisotopic (exact) mass is 304 g/mol. The first-order chi connectivity index (χ1) is 9.95. The third-order valence-corrected chi connectivity index (χ3v) is 5.13. The summed E-state index contributed by atoms with van der Waals surface area (Å²) in [6.45, 7) is 5.83. The van der Waals surface area contributed by atoms with Crippen molar-refractivity contribution < 1.29 is 14.0 Å². The molecule has 1 unspecified atom stereocenters. The van der Waals surface area contributed by atoms with E-state index in [0.29, 0.717) is 11.1 Å². The Balaban J connectivity index is 2.38. The molecule has 0 saturated carbocycles. The van der Waals surface area contributed by atoms with Crippen LogP contribution in [0.3, 0.4) is 0 Å². The van der Waals surface area contributed by atoms with Gasteiger partial charge in [0.1, 0.15) is 5.75 Å². The number of para-hydroxylation sites is 1. The van der Waals surface area contributed by atoms with Crippen LogP contribution in [0.2, 0.25) is 0 Å². The van der Waals surface area contributed by atoms with Gasteiger partial charge in [0, 0.05) is 0 Å². The Bertz CT molecular complexity index is 679. The van der Waals surface area contributed by atoms with Crippen LogP contribution < -0.4 is 9.83 Å². The van der Waals surface area contributed by atoms with Crippen LogP contribution in [0.1, 0.15) is 30.0 Å². The van der Waals surface area contributed by atoms with E-state index in [2.05, 4.69) is 6.92 Å². The van der Waals surface area contributed by atoms with E-state index in [1.54, 1.807) is 18.2 Å². The number of benzene rings is 2. The zero-order valence-electron chi connectivity index (χ0n) is 12.7. The Labute approximate surface area is 126 Å². The van der Waals surface area contributed by atoms with Crippen molar-refractivity contribution in [3.05, 3.63) is 59.2 Å². The second-order valence-corrected chi connectivity index (χ2v) is 6.89. The van der Waals surface area contributed by atoms with E-state index in [4.69, 9.17) is 4.52 Å². The molecule has 21 heavy (non-hydrogen) atoms. The molecule has 0 amide bonds. The molecule has 0 saturated heterocycles. The average Bonchev–Trinajstić information content (AvgIpc) is 2.44. The second-order valence-electron chi connectivity index (χ2n) is 5.19. The summed E-state index contributed by atoms with van der Waals surface area (Å²) in [6, 6.07) is 12.8. The van der Waals surface area contributed by atoms with E-state index in [1.165, 1.54) is 0 Å². The molecule has 0 radical (unpaired) electrons. The molecule has 4 heteroatoms. The maximum atomic E-state index is 12.6. The van der Waals surface area contributed by atoms with Crippen molar-refractivity contribution in [1.29, 1.82) is 0 Å². The van der Waals surface area contributed by atoms with Crippen LogP contribution in [0.25, 0.3) is 0 Å². The maximum Gasteiger partial charge on any atom is 0.408 e. The van der Waals surface area contributed by atoms with E-state index in [0.717, 1.165) is 29.5 Å². The summed E-state index contributed by atoms with van der Waals surface area (Å²) in [6.07, 6.45) is 1.78. The molecule has 3 nitrogen and oxygen atoms in total. The number of hydrogen-bond donors (Lipinski definition) is 1. The van der Waals surface area contributed by atoms with Crippen LogP contribution in [-0.2, 0) is 11.0 Å². The van der Waals surface area contributed by atoms with Gasteiger partial charge < -0.3 is 9.42 Å². The SMILES string of the molecule is CCCc1ccccc1OP(=O)(O)c1cccc(C)c1C. The highest BCUT2D eigenvalue weighted by Gasteiger charge is 2.27. The Hall–Kier alpha value is -1.57. The number of aryl methyl sites for hydroxylation is 2. The van der Waals surface area contributed by atoms with E-state index < -0.39 is 7.60 Å². The molecule has 112 valence electrons. The molecule has 2 aromatic carbocycles. The summed E-state index contributed by atoms with van der Waals surface area (Å²) in [5.41, 5.74) is 2.74. The molecular formula is C17H21O3P. The second kappa shape index (κ2) is 6.46. The van der Waals surface area contributed by atoms with Gasteiger partial charge in [0.05, 0.1) is 5.30 Å². The minimum absolute atomic E-state index is 0.369. The van der Waals surface area contributed by atoms with Crippen LogP contribution in [0.4, 0.5) is 0 Å². The maximum absolute atomic E-state index is 12.6. The molecule has 0 aliphatic rings. The van der Waals surface area contributed by atoms with Gasteiger partial charge in [0.15, 0.2) is 0 Å². The molecule has 2 rings (SSSR count). The lowest BCUT2D eigenvalue weighted by atomic mass is 10.1. The highest BCUT2D eigenvalue weighted by atomic mass is 31.2. The predicted molar refractivity (Wildman–Crippen MR) is 86.4 cm³/mol. The van der Waals surface area contributed by atoms with Crippen molar-refractivity contribution in [2.45, 2.75) is 33.6 Å². The zero-order valence-corrected chi connectivity index (χ0v) is 13.6. The minimum Gasteiger partial charge on any atom is -0.421 e. The van der Waals surface area contributed by atoms with Gasteiger partial charge in [-0.05, 0) is 49.1 Å². The summed E-state index contributed by atoms with van der Waals surface area (Å²) in [5.74, 6) is 0.492. The fourth-order valence-electron chi connectivity index (χ4n) is 2.29. The van der Waals surface area contributed by atoms with Gasteiger partial charge in [0.2, 0.25) is 0 Å². The Morgan fingerprint density at radius 2 is 1.81 bits per heavy atom. The molecule has 0 spiro atoms. The zero-order chi connectivity index (χ0) is 15.5. The average molecular weight is 304 g/mol. The number of rotatable bonds is 5. The first-order valence-electron chi connectivity index (χ1n) is 7.12. The first-order valence-corrected chi connectivity index (χ1v) is 8.70. The van der Waals surface area contributed by atoms with Gasteiger partial charge in [0.25, 0.3) is 0 Å². The molecule has 0 bridgehead atoms. The highest BCUT2D eigenvalue weighted by Crippen LogP contribution is 2.44. The van der Waals surface area contributed by atoms with Crippen LogP contribution in [0.15, 0.2) is 42.5 Å². The van der Waals surface area contributed by atoms with Crippen molar-refractivity contribution in [1.82, 2.24) is 0 Å². The fraction of sp³-hybridized carbons (Fsp3) is 0.294. The molecule has 0 fully saturated rings. The van der Waals surface area contributed by atoms with E-state index in [9.17, 15) is 9.46 Å². The number of hydrogen-bond acceptors (Lipinski definition) is 2. The molecule has 0 heterocycles. The first kappa shape index (κ1) is 15.8. The molecule has 2 aromatic rings. The van der Waals surface area contributed by atoms with Crippen LogP contribution in [0.5, 0.6) is 5.75 Å². The van der Waals surface area contributed by atoms with E-state index in [1.807, 2.05) is 38.1 Å². The summed E-state index contributed by atoms with van der Waals surface area (Å²) >= 11 is 0. The molecular weight excluding hydrogens is 283 g/mol. The quantitative estimate of drug-likeness (QED) is 0.844. The van der Waals surface area contributed by atoms with Crippen molar-refractivity contribution >= 4 is 12.9 Å². The van der Waals surface area contributed by atoms with Crippen LogP contribution in [-0.4, -0.2) is 4.89 Å². The van der Waals surface area contributed by atoms with Gasteiger partial charge in [-0.25, -0.2) is 4.57 Å². The van der Waals surface area contributed by atoms with Crippen LogP contribution in [0, 0.1) is 13.8 Å². The van der Waals surface area contributed by atoms with Gasteiger partial charge in [-0.2, -0.15) is 0 Å². The van der Waals surface area contributed by atoms with E-state index in [-0.39, 0.29) is 0 Å². The fourth-order valence-corrected chi connectivity index (χ4v) is 3.71. The summed E-state index contributed by atoms with van der Waals surface area (Å²) in [7, 11) is -3.88. The van der Waals surface area contributed by atoms with Gasteiger partial charge in [-0.3, -0.25) is 0 Å². The summed E-state index contributed by atoms with van der Waals surface area (Å²) in [5, 5.41) is 0.369. The summed E-state index contributed by atoms with van der Waals surface area (Å²) in [4.78, 5) is 10.4. The van der Waals surface area contributed by atoms with Crippen molar-refractivity contribution in [3.8, 4) is 5.75 Å². The Morgan fingerprint density at radius 3 is 2.52 bits per heavy atom. The van der Waals surface area contributed by atoms with Gasteiger partial charge >= 0.3 is 7.60 Å². The van der Waals surface area contributed by atoms with Gasteiger partial charge in [-0.1, -0.05) is 43.7 Å². The third-order valence-electron chi connectivity index (χ3n) is 3.59. The molecule has 0 aromatic heterocycles. The van der Waals surface area contributed by atoms with Gasteiger partial charge in [-0.15, -0.1) is 0 Å². The Kier molecular flexibility index (Phi) is 4.87. The van der Waals surface area contributed by atoms with Crippen LogP contribution >= 0.6 is 7.60 Å². The van der Waals surface area contributed by atoms with Crippen molar-refractivity contribution in [2.75, 3.05) is 0 Å². The third kappa shape index (κ3) is 3.55. The van der Waals surface area contributed by atoms with Crippen molar-refractivity contribution in [2.24, 2.45) is 0 Å². The molecule has 1 atom stereocenters. The van der Waals surface area contributed by atoms with Crippen molar-refractivity contribution in [3.63, 3.8) is 0 Å². The molecule has 0 aliphatic carbocycles. The lowest BCUT2D eigenvalue weighted by Crippen LogP contribution is -2.14. The van der Waals surface area contributed by atoms with E-state index >= 15 is 0 Å². The molecule has 0 aliphatic heterocycles. The standard InChI is InChI=1S/C17H21O3P/c1-4-8-15-10-5-6-11-16(15)20-21(18,19)17-12-7-9-13(2)14(17)3/h5-7,9-12H,4,8H2,1-3H3,(H,18,19). The summed E-state index contributed by atoms with van der Waals surface area (Å²) < 4.78 is 18.2. The topological polar surface area (TPSA) is 46.5 Å².